The second kappa shape index (κ2) is 7.40. The van der Waals surface area contributed by atoms with Gasteiger partial charge in [-0.2, -0.15) is 0 Å². The Labute approximate surface area is 87.5 Å². The Hall–Kier alpha value is -1.01. The number of ether oxygens (including phenoxy) is 1. The van der Waals surface area contributed by atoms with E-state index < -0.39 is 17.3 Å². The van der Waals surface area contributed by atoms with Crippen LogP contribution in [-0.2, 0) is 9.53 Å². The minimum absolute atomic E-state index is 0.0679. The predicted molar refractivity (Wildman–Crippen MR) is 54.2 cm³/mol. The molecule has 0 saturated carbocycles. The monoisotopic (exact) mass is 219 g/mol. The van der Waals surface area contributed by atoms with Gasteiger partial charge >= 0.3 is 6.09 Å². The number of nitrogens with one attached hydrogen (secondary N) is 1. The quantitative estimate of drug-likeness (QED) is 0.437. The standard InChI is InChI=1S/C8H13NO4S/c1-2-5-13-8(12)9-6(3-4-10)7(11)14/h2,6,10H,1,3-5H2,(H,9,12)(H,11,14). The van der Waals surface area contributed by atoms with Crippen LogP contribution in [0.4, 0.5) is 4.79 Å². The molecule has 80 valence electrons. The van der Waals surface area contributed by atoms with Crippen molar-refractivity contribution in [1.82, 2.24) is 5.32 Å². The number of carbonyl (C=O) groups excluding carboxylic acids is 2. The molecule has 0 aromatic carbocycles. The molecule has 2 N–H and O–H groups in total. The van der Waals surface area contributed by atoms with Crippen LogP contribution in [0.5, 0.6) is 0 Å². The number of rotatable bonds is 6. The third-order valence-electron chi connectivity index (χ3n) is 1.34. The van der Waals surface area contributed by atoms with Gasteiger partial charge in [0, 0.05) is 6.61 Å². The molecule has 0 fully saturated rings. The number of hydrogen-bond acceptors (Lipinski definition) is 4. The number of aliphatic hydroxyl groups is 1. The van der Waals surface area contributed by atoms with Crippen LogP contribution in [0, 0.1) is 0 Å². The van der Waals surface area contributed by atoms with Gasteiger partial charge in [-0.25, -0.2) is 4.79 Å². The second-order valence-corrected chi connectivity index (χ2v) is 2.88. The number of aliphatic hydroxyl groups excluding tert-OH is 1. The molecule has 1 amide bonds. The van der Waals surface area contributed by atoms with Gasteiger partial charge in [-0.1, -0.05) is 12.7 Å². The molecular weight excluding hydrogens is 206 g/mol. The van der Waals surface area contributed by atoms with Gasteiger partial charge in [0.2, 0.25) is 5.12 Å². The number of alkyl carbamates (subject to hydrolysis) is 1. The Bertz CT molecular complexity index is 219. The van der Waals surface area contributed by atoms with Gasteiger partial charge in [-0.05, 0) is 6.42 Å². The number of hydrogen-bond donors (Lipinski definition) is 3. The zero-order valence-electron chi connectivity index (χ0n) is 7.60. The van der Waals surface area contributed by atoms with Crippen molar-refractivity contribution in [3.63, 3.8) is 0 Å². The summed E-state index contributed by atoms with van der Waals surface area (Å²) in [6.45, 7) is 3.21. The van der Waals surface area contributed by atoms with Gasteiger partial charge < -0.3 is 15.2 Å². The van der Waals surface area contributed by atoms with E-state index in [2.05, 4.69) is 29.3 Å². The maximum Gasteiger partial charge on any atom is 0.408 e. The molecule has 1 unspecified atom stereocenters. The van der Waals surface area contributed by atoms with Crippen molar-refractivity contribution in [2.75, 3.05) is 13.2 Å². The molecule has 0 radical (unpaired) electrons. The van der Waals surface area contributed by atoms with Crippen LogP contribution >= 0.6 is 12.6 Å². The van der Waals surface area contributed by atoms with Crippen molar-refractivity contribution in [2.24, 2.45) is 0 Å². The zero-order valence-corrected chi connectivity index (χ0v) is 8.50. The van der Waals surface area contributed by atoms with Gasteiger partial charge in [-0.15, -0.1) is 12.6 Å². The fourth-order valence-corrected chi connectivity index (χ4v) is 0.899. The topological polar surface area (TPSA) is 75.6 Å². The molecule has 5 nitrogen and oxygen atoms in total. The third-order valence-corrected chi connectivity index (χ3v) is 1.65. The van der Waals surface area contributed by atoms with E-state index in [1.165, 1.54) is 6.08 Å². The van der Waals surface area contributed by atoms with E-state index in [0.717, 1.165) is 0 Å². The Kier molecular flexibility index (Phi) is 6.87. The summed E-state index contributed by atoms with van der Waals surface area (Å²) < 4.78 is 4.58. The molecule has 0 aliphatic heterocycles. The molecular formula is C8H13NO4S. The Morgan fingerprint density at radius 1 is 1.64 bits per heavy atom. The van der Waals surface area contributed by atoms with E-state index in [-0.39, 0.29) is 19.6 Å². The SMILES string of the molecule is C=CCOC(=O)NC(CCO)C(=O)S. The summed E-state index contributed by atoms with van der Waals surface area (Å²) >= 11 is 3.55. The molecule has 14 heavy (non-hydrogen) atoms. The van der Waals surface area contributed by atoms with Crippen molar-refractivity contribution in [3.05, 3.63) is 12.7 Å². The minimum Gasteiger partial charge on any atom is -0.445 e. The average Bonchev–Trinajstić information content (AvgIpc) is 2.14. The lowest BCUT2D eigenvalue weighted by molar-refractivity contribution is -0.112. The van der Waals surface area contributed by atoms with Crippen molar-refractivity contribution < 1.29 is 19.4 Å². The summed E-state index contributed by atoms with van der Waals surface area (Å²) in [5.74, 6) is 0. The summed E-state index contributed by atoms with van der Waals surface area (Å²) in [7, 11) is 0. The highest BCUT2D eigenvalue weighted by molar-refractivity contribution is 7.96. The predicted octanol–water partition coefficient (Wildman–Crippen LogP) is 0.106. The molecule has 0 aromatic rings. The van der Waals surface area contributed by atoms with Crippen LogP contribution in [0.2, 0.25) is 0 Å². The van der Waals surface area contributed by atoms with E-state index >= 15 is 0 Å². The second-order valence-electron chi connectivity index (χ2n) is 2.43. The highest BCUT2D eigenvalue weighted by Crippen LogP contribution is 1.97. The van der Waals surface area contributed by atoms with Gasteiger partial charge in [0.1, 0.15) is 12.6 Å². The van der Waals surface area contributed by atoms with Gasteiger partial charge in [0.25, 0.3) is 0 Å². The number of carbonyl (C=O) groups is 2. The van der Waals surface area contributed by atoms with E-state index in [1.54, 1.807) is 0 Å². The van der Waals surface area contributed by atoms with E-state index in [0.29, 0.717) is 0 Å². The average molecular weight is 219 g/mol. The van der Waals surface area contributed by atoms with Crippen LogP contribution in [-0.4, -0.2) is 35.6 Å². The first-order valence-corrected chi connectivity index (χ1v) is 4.44. The van der Waals surface area contributed by atoms with E-state index in [9.17, 15) is 9.59 Å². The normalized spacial score (nSPS) is 11.6. The van der Waals surface area contributed by atoms with Gasteiger partial charge in [0.05, 0.1) is 0 Å². The first kappa shape index (κ1) is 13.0. The fraction of sp³-hybridized carbons (Fsp3) is 0.500. The lowest BCUT2D eigenvalue weighted by Gasteiger charge is -2.13. The molecule has 0 saturated heterocycles. The summed E-state index contributed by atoms with van der Waals surface area (Å²) in [5, 5.41) is 10.3. The fourth-order valence-electron chi connectivity index (χ4n) is 0.705. The first-order valence-electron chi connectivity index (χ1n) is 3.99. The summed E-state index contributed by atoms with van der Waals surface area (Å²) in [6.07, 6.45) is 0.792. The number of amides is 1. The molecule has 0 rings (SSSR count). The molecule has 0 spiro atoms. The number of thiol groups is 1. The lowest BCUT2D eigenvalue weighted by atomic mass is 10.2. The van der Waals surface area contributed by atoms with Gasteiger partial charge in [0.15, 0.2) is 0 Å². The van der Waals surface area contributed by atoms with E-state index in [1.807, 2.05) is 0 Å². The largest absolute Gasteiger partial charge is 0.445 e. The summed E-state index contributed by atoms with van der Waals surface area (Å²) in [6, 6.07) is -0.819. The van der Waals surface area contributed by atoms with Crippen LogP contribution in [0.1, 0.15) is 6.42 Å². The molecule has 0 aliphatic rings. The first-order chi connectivity index (χ1) is 6.61. The van der Waals surface area contributed by atoms with Crippen molar-refractivity contribution in [2.45, 2.75) is 12.5 Å². The van der Waals surface area contributed by atoms with E-state index in [4.69, 9.17) is 5.11 Å². The molecule has 6 heteroatoms. The minimum atomic E-state index is -0.819. The summed E-state index contributed by atoms with van der Waals surface area (Å²) in [5.41, 5.74) is 0. The summed E-state index contributed by atoms with van der Waals surface area (Å²) in [4.78, 5) is 21.7. The maximum absolute atomic E-state index is 10.9. The van der Waals surface area contributed by atoms with Crippen LogP contribution < -0.4 is 5.32 Å². The molecule has 0 aliphatic carbocycles. The smallest absolute Gasteiger partial charge is 0.408 e. The zero-order chi connectivity index (χ0) is 11.0. The highest BCUT2D eigenvalue weighted by atomic mass is 32.1. The van der Waals surface area contributed by atoms with Crippen LogP contribution in [0.25, 0.3) is 0 Å². The third kappa shape index (κ3) is 5.60. The highest BCUT2D eigenvalue weighted by Gasteiger charge is 2.17. The Balaban J connectivity index is 3.95. The Morgan fingerprint density at radius 3 is 2.71 bits per heavy atom. The lowest BCUT2D eigenvalue weighted by Crippen LogP contribution is -2.39. The molecule has 0 aromatic heterocycles. The van der Waals surface area contributed by atoms with Gasteiger partial charge in [-0.3, -0.25) is 4.79 Å². The van der Waals surface area contributed by atoms with Crippen molar-refractivity contribution in [1.29, 1.82) is 0 Å². The maximum atomic E-state index is 10.9. The van der Waals surface area contributed by atoms with Crippen LogP contribution in [0.15, 0.2) is 12.7 Å². The van der Waals surface area contributed by atoms with Crippen LogP contribution in [0.3, 0.4) is 0 Å². The molecule has 0 bridgehead atoms. The van der Waals surface area contributed by atoms with Crippen molar-refractivity contribution >= 4 is 23.8 Å². The van der Waals surface area contributed by atoms with Crippen molar-refractivity contribution in [3.8, 4) is 0 Å². The molecule has 0 heterocycles. The molecule has 1 atom stereocenters. The Morgan fingerprint density at radius 2 is 2.29 bits per heavy atom.